The third-order valence-electron chi connectivity index (χ3n) is 1.88. The minimum Gasteiger partial charge on any atom is -0.319 e. The Bertz CT molecular complexity index is 330. The van der Waals surface area contributed by atoms with Crippen molar-refractivity contribution in [3.63, 3.8) is 0 Å². The normalized spacial score (nSPS) is 27.6. The number of carbonyl (C=O) groups is 2. The van der Waals surface area contributed by atoms with Gasteiger partial charge in [-0.3, -0.25) is 9.59 Å². The summed E-state index contributed by atoms with van der Waals surface area (Å²) in [4.78, 5) is 22.2. The van der Waals surface area contributed by atoms with Crippen LogP contribution in [0, 0.1) is 0 Å². The van der Waals surface area contributed by atoms with Gasteiger partial charge < -0.3 is 5.32 Å². The van der Waals surface area contributed by atoms with Gasteiger partial charge in [0.05, 0.1) is 0 Å². The average molecular weight is 228 g/mol. The second-order valence-electron chi connectivity index (χ2n) is 2.73. The van der Waals surface area contributed by atoms with E-state index in [0.717, 1.165) is 6.42 Å². The lowest BCUT2D eigenvalue weighted by Gasteiger charge is -2.09. The summed E-state index contributed by atoms with van der Waals surface area (Å²) < 4.78 is 0. The summed E-state index contributed by atoms with van der Waals surface area (Å²) in [5.41, 5.74) is 1.17. The molecule has 1 amide bonds. The molecule has 1 aliphatic carbocycles. The van der Waals surface area contributed by atoms with Gasteiger partial charge >= 0.3 is 0 Å². The predicted octanol–water partition coefficient (Wildman–Crippen LogP) is 0.663. The van der Waals surface area contributed by atoms with E-state index in [4.69, 9.17) is 0 Å². The molecule has 1 unspecified atom stereocenters. The van der Waals surface area contributed by atoms with E-state index in [9.17, 15) is 9.59 Å². The number of rotatable bonds is 0. The fourth-order valence-electron chi connectivity index (χ4n) is 1.30. The first-order valence-corrected chi connectivity index (χ1v) is 4.52. The van der Waals surface area contributed by atoms with E-state index >= 15 is 0 Å². The predicted molar refractivity (Wildman–Crippen MR) is 46.6 cm³/mol. The molecule has 2 aliphatic rings. The van der Waals surface area contributed by atoms with Gasteiger partial charge in [-0.15, -0.1) is 0 Å². The molecule has 1 atom stereocenters. The lowest BCUT2D eigenvalue weighted by Crippen LogP contribution is -2.17. The van der Waals surface area contributed by atoms with Crippen LogP contribution in [-0.4, -0.2) is 16.5 Å². The monoisotopic (exact) mass is 227 g/mol. The van der Waals surface area contributed by atoms with Crippen LogP contribution in [0.3, 0.4) is 0 Å². The van der Waals surface area contributed by atoms with Crippen molar-refractivity contribution >= 4 is 27.6 Å². The van der Waals surface area contributed by atoms with Crippen molar-refractivity contribution in [1.82, 2.24) is 5.32 Å². The molecule has 0 aromatic heterocycles. The van der Waals surface area contributed by atoms with E-state index in [1.165, 1.54) is 0 Å². The van der Waals surface area contributed by atoms with E-state index in [2.05, 4.69) is 21.2 Å². The lowest BCUT2D eigenvalue weighted by atomic mass is 10.0. The highest BCUT2D eigenvalue weighted by Gasteiger charge is 2.32. The van der Waals surface area contributed by atoms with E-state index in [1.807, 2.05) is 6.08 Å². The minimum atomic E-state index is -0.519. The van der Waals surface area contributed by atoms with Crippen molar-refractivity contribution in [3.8, 4) is 0 Å². The highest BCUT2D eigenvalue weighted by molar-refractivity contribution is 9.09. The number of alkyl halides is 1. The van der Waals surface area contributed by atoms with Gasteiger partial charge in [0.25, 0.3) is 11.7 Å². The number of allylic oxidation sites excluding steroid dienone is 3. The third-order valence-corrected chi connectivity index (χ3v) is 2.52. The largest absolute Gasteiger partial charge is 0.319 e. The van der Waals surface area contributed by atoms with E-state index in [1.54, 1.807) is 6.08 Å². The molecule has 1 saturated heterocycles. The maximum absolute atomic E-state index is 11.1. The number of hydrogen-bond donors (Lipinski definition) is 1. The highest BCUT2D eigenvalue weighted by atomic mass is 79.9. The molecule has 2 rings (SSSR count). The molecule has 1 heterocycles. The van der Waals surface area contributed by atoms with Crippen LogP contribution in [0.15, 0.2) is 23.4 Å². The number of halogens is 1. The standard InChI is InChI=1S/C8H6BrNO2/c9-4-1-2-6-5(3-4)7(11)8(12)10-6/h2-4H,1H2,(H,10,12). The summed E-state index contributed by atoms with van der Waals surface area (Å²) in [6, 6.07) is 0. The first-order chi connectivity index (χ1) is 5.68. The van der Waals surface area contributed by atoms with Crippen LogP contribution in [0.25, 0.3) is 0 Å². The summed E-state index contributed by atoms with van der Waals surface area (Å²) in [7, 11) is 0. The van der Waals surface area contributed by atoms with Crippen molar-refractivity contribution in [2.75, 3.05) is 0 Å². The Balaban J connectivity index is 2.44. The Hall–Kier alpha value is -0.900. The molecule has 0 bridgehead atoms. The molecule has 0 radical (unpaired) electrons. The van der Waals surface area contributed by atoms with E-state index < -0.39 is 11.7 Å². The molecule has 4 heteroatoms. The fraction of sp³-hybridized carbons (Fsp3) is 0.250. The summed E-state index contributed by atoms with van der Waals surface area (Å²) in [6.07, 6.45) is 4.44. The van der Waals surface area contributed by atoms with Gasteiger partial charge in [-0.2, -0.15) is 0 Å². The first-order valence-electron chi connectivity index (χ1n) is 3.60. The Morgan fingerprint density at radius 3 is 3.00 bits per heavy atom. The molecule has 1 fully saturated rings. The van der Waals surface area contributed by atoms with Crippen molar-refractivity contribution in [2.45, 2.75) is 11.2 Å². The number of Topliss-reactive ketones (excluding diaryl/α,β-unsaturated/α-hetero) is 1. The lowest BCUT2D eigenvalue weighted by molar-refractivity contribution is -0.133. The number of amides is 1. The van der Waals surface area contributed by atoms with E-state index in [0.29, 0.717) is 11.3 Å². The van der Waals surface area contributed by atoms with Crippen LogP contribution in [0.2, 0.25) is 0 Å². The van der Waals surface area contributed by atoms with Crippen molar-refractivity contribution in [1.29, 1.82) is 0 Å². The first kappa shape index (κ1) is 7.73. The molecule has 1 N–H and O–H groups in total. The molecule has 0 aromatic rings. The zero-order valence-electron chi connectivity index (χ0n) is 6.13. The molecule has 62 valence electrons. The Morgan fingerprint density at radius 1 is 1.50 bits per heavy atom. The smallest absolute Gasteiger partial charge is 0.296 e. The second kappa shape index (κ2) is 2.55. The van der Waals surface area contributed by atoms with Crippen LogP contribution >= 0.6 is 15.9 Å². The van der Waals surface area contributed by atoms with Crippen molar-refractivity contribution in [2.24, 2.45) is 0 Å². The van der Waals surface area contributed by atoms with Crippen molar-refractivity contribution in [3.05, 3.63) is 23.4 Å². The van der Waals surface area contributed by atoms with Gasteiger partial charge in [0.2, 0.25) is 0 Å². The Labute approximate surface area is 77.6 Å². The minimum absolute atomic E-state index is 0.174. The number of hydrogen-bond acceptors (Lipinski definition) is 2. The van der Waals surface area contributed by atoms with E-state index in [-0.39, 0.29) is 4.83 Å². The zero-order valence-corrected chi connectivity index (χ0v) is 7.72. The quantitative estimate of drug-likeness (QED) is 0.489. The van der Waals surface area contributed by atoms with Crippen LogP contribution in [-0.2, 0) is 9.59 Å². The summed E-state index contributed by atoms with van der Waals surface area (Å²) in [5.74, 6) is -0.945. The molecular formula is C8H6BrNO2. The third kappa shape index (κ3) is 1.03. The van der Waals surface area contributed by atoms with Crippen LogP contribution in [0.1, 0.15) is 6.42 Å². The number of nitrogens with one attached hydrogen (secondary N) is 1. The van der Waals surface area contributed by atoms with Gasteiger partial charge in [-0.05, 0) is 6.42 Å². The van der Waals surface area contributed by atoms with Gasteiger partial charge in [-0.1, -0.05) is 28.1 Å². The summed E-state index contributed by atoms with van der Waals surface area (Å²) >= 11 is 3.36. The fourth-order valence-corrected chi connectivity index (χ4v) is 1.75. The highest BCUT2D eigenvalue weighted by Crippen LogP contribution is 2.25. The van der Waals surface area contributed by atoms with Gasteiger partial charge in [-0.25, -0.2) is 0 Å². The molecular weight excluding hydrogens is 222 g/mol. The van der Waals surface area contributed by atoms with Crippen LogP contribution in [0.5, 0.6) is 0 Å². The van der Waals surface area contributed by atoms with Gasteiger partial charge in [0.15, 0.2) is 0 Å². The van der Waals surface area contributed by atoms with Gasteiger partial charge in [0.1, 0.15) is 0 Å². The maximum atomic E-state index is 11.1. The van der Waals surface area contributed by atoms with Gasteiger partial charge in [0, 0.05) is 16.1 Å². The SMILES string of the molecule is O=C1NC2=CCC(Br)C=C2C1=O. The number of carbonyl (C=O) groups excluding carboxylic acids is 2. The molecule has 0 saturated carbocycles. The zero-order chi connectivity index (χ0) is 8.72. The van der Waals surface area contributed by atoms with Crippen LogP contribution < -0.4 is 5.32 Å². The maximum Gasteiger partial charge on any atom is 0.296 e. The topological polar surface area (TPSA) is 46.2 Å². The molecule has 0 spiro atoms. The summed E-state index contributed by atoms with van der Waals surface area (Å²) in [6.45, 7) is 0. The van der Waals surface area contributed by atoms with Crippen LogP contribution in [0.4, 0.5) is 0 Å². The molecule has 3 nitrogen and oxygen atoms in total. The molecule has 1 aliphatic heterocycles. The molecule has 12 heavy (non-hydrogen) atoms. The molecule has 0 aromatic carbocycles. The number of fused-ring (bicyclic) bond motifs is 1. The van der Waals surface area contributed by atoms with Crippen molar-refractivity contribution < 1.29 is 9.59 Å². The summed E-state index contributed by atoms with van der Waals surface area (Å²) in [5, 5.41) is 2.51. The Morgan fingerprint density at radius 2 is 2.25 bits per heavy atom. The Kier molecular flexibility index (Phi) is 1.65. The number of ketones is 1. The second-order valence-corrected chi connectivity index (χ2v) is 3.91. The average Bonchev–Trinajstić information content (AvgIpc) is 2.31.